The van der Waals surface area contributed by atoms with E-state index in [4.69, 9.17) is 0 Å². The number of hydrogen-bond acceptors (Lipinski definition) is 6. The highest BCUT2D eigenvalue weighted by molar-refractivity contribution is 7.93. The summed E-state index contributed by atoms with van der Waals surface area (Å²) in [5.74, 6) is -0.489. The number of benzene rings is 1. The SMILES string of the molecule is Cc1ccc(NC(=O)C(C)(C)S(=O)(=O)c2ccc(S(C)(=O)=O)cc2)nc1. The van der Waals surface area contributed by atoms with Crippen LogP contribution in [0.2, 0.25) is 0 Å². The van der Waals surface area contributed by atoms with Crippen LogP contribution < -0.4 is 5.32 Å². The second-order valence-corrected chi connectivity index (χ2v) is 10.9. The Morgan fingerprint density at radius 1 is 0.962 bits per heavy atom. The molecule has 0 saturated heterocycles. The van der Waals surface area contributed by atoms with Crippen LogP contribution in [-0.4, -0.2) is 38.7 Å². The molecule has 1 aromatic carbocycles. The highest BCUT2D eigenvalue weighted by Crippen LogP contribution is 2.27. The van der Waals surface area contributed by atoms with Crippen LogP contribution in [0.5, 0.6) is 0 Å². The molecule has 2 rings (SSSR count). The Morgan fingerprint density at radius 2 is 1.50 bits per heavy atom. The van der Waals surface area contributed by atoms with Gasteiger partial charge in [0.2, 0.25) is 5.91 Å². The molecule has 0 aliphatic carbocycles. The topological polar surface area (TPSA) is 110 Å². The Balaban J connectivity index is 2.33. The Bertz CT molecular complexity index is 1020. The Labute approximate surface area is 153 Å². The summed E-state index contributed by atoms with van der Waals surface area (Å²) in [6, 6.07) is 8.11. The average Bonchev–Trinajstić information content (AvgIpc) is 2.56. The number of hydrogen-bond donors (Lipinski definition) is 1. The maximum absolute atomic E-state index is 12.9. The van der Waals surface area contributed by atoms with Gasteiger partial charge in [-0.2, -0.15) is 0 Å². The molecule has 1 heterocycles. The molecule has 7 nitrogen and oxygen atoms in total. The number of nitrogens with zero attached hydrogens (tertiary/aromatic N) is 1. The number of aromatic nitrogens is 1. The first-order valence-electron chi connectivity index (χ1n) is 7.64. The van der Waals surface area contributed by atoms with Gasteiger partial charge in [0, 0.05) is 12.5 Å². The Kier molecular flexibility index (Phi) is 5.25. The van der Waals surface area contributed by atoms with Gasteiger partial charge in [-0.25, -0.2) is 21.8 Å². The average molecular weight is 396 g/mol. The number of pyridine rings is 1. The standard InChI is InChI=1S/C17H20N2O5S2/c1-12-5-10-15(18-11-12)19-16(20)17(2,3)26(23,24)14-8-6-13(7-9-14)25(4,21)22/h5-11H,1-4H3,(H,18,19,20). The van der Waals surface area contributed by atoms with Gasteiger partial charge in [0.05, 0.1) is 9.79 Å². The number of amides is 1. The molecule has 0 fully saturated rings. The summed E-state index contributed by atoms with van der Waals surface area (Å²) in [6.07, 6.45) is 2.59. The summed E-state index contributed by atoms with van der Waals surface area (Å²) >= 11 is 0. The van der Waals surface area contributed by atoms with Gasteiger partial charge in [-0.1, -0.05) is 6.07 Å². The van der Waals surface area contributed by atoms with Crippen LogP contribution in [0.15, 0.2) is 52.4 Å². The molecule has 0 atom stereocenters. The zero-order valence-corrected chi connectivity index (χ0v) is 16.5. The van der Waals surface area contributed by atoms with Crippen LogP contribution in [-0.2, 0) is 24.5 Å². The fourth-order valence-corrected chi connectivity index (χ4v) is 4.10. The molecule has 0 aliphatic rings. The number of aryl methyl sites for hydroxylation is 1. The first kappa shape index (κ1) is 20.1. The quantitative estimate of drug-likeness (QED) is 0.827. The molecule has 1 amide bonds. The van der Waals surface area contributed by atoms with Gasteiger partial charge in [0.1, 0.15) is 10.6 Å². The second kappa shape index (κ2) is 6.81. The van der Waals surface area contributed by atoms with Crippen molar-refractivity contribution < 1.29 is 21.6 Å². The van der Waals surface area contributed by atoms with Crippen molar-refractivity contribution >= 4 is 31.4 Å². The maximum atomic E-state index is 12.9. The van der Waals surface area contributed by atoms with Crippen molar-refractivity contribution in [2.24, 2.45) is 0 Å². The monoisotopic (exact) mass is 396 g/mol. The van der Waals surface area contributed by atoms with Gasteiger partial charge in [0.25, 0.3) is 0 Å². The van der Waals surface area contributed by atoms with Gasteiger partial charge in [-0.15, -0.1) is 0 Å². The van der Waals surface area contributed by atoms with Crippen molar-refractivity contribution in [3.8, 4) is 0 Å². The van der Waals surface area contributed by atoms with Gasteiger partial charge < -0.3 is 5.32 Å². The van der Waals surface area contributed by atoms with E-state index in [1.54, 1.807) is 18.3 Å². The minimum absolute atomic E-state index is 0.00237. The lowest BCUT2D eigenvalue weighted by Crippen LogP contribution is -2.44. The third-order valence-corrected chi connectivity index (χ3v) is 7.48. The lowest BCUT2D eigenvalue weighted by Gasteiger charge is -2.23. The van der Waals surface area contributed by atoms with E-state index in [0.29, 0.717) is 0 Å². The highest BCUT2D eigenvalue weighted by atomic mass is 32.2. The van der Waals surface area contributed by atoms with Crippen LogP contribution >= 0.6 is 0 Å². The van der Waals surface area contributed by atoms with Crippen molar-refractivity contribution in [1.82, 2.24) is 4.98 Å². The summed E-state index contributed by atoms with van der Waals surface area (Å²) in [5.41, 5.74) is 0.904. The summed E-state index contributed by atoms with van der Waals surface area (Å²) in [6.45, 7) is 4.42. The molecule has 2 aromatic rings. The van der Waals surface area contributed by atoms with E-state index < -0.39 is 30.3 Å². The Morgan fingerprint density at radius 3 is 1.96 bits per heavy atom. The van der Waals surface area contributed by atoms with E-state index >= 15 is 0 Å². The van der Waals surface area contributed by atoms with E-state index in [1.807, 2.05) is 6.92 Å². The van der Waals surface area contributed by atoms with Gasteiger partial charge in [-0.3, -0.25) is 4.79 Å². The maximum Gasteiger partial charge on any atom is 0.246 e. The van der Waals surface area contributed by atoms with E-state index in [0.717, 1.165) is 11.8 Å². The van der Waals surface area contributed by atoms with Gasteiger partial charge in [-0.05, 0) is 56.7 Å². The molecule has 26 heavy (non-hydrogen) atoms. The molecule has 0 saturated carbocycles. The van der Waals surface area contributed by atoms with Gasteiger partial charge in [0.15, 0.2) is 19.7 Å². The summed E-state index contributed by atoms with van der Waals surface area (Å²) in [4.78, 5) is 16.4. The lowest BCUT2D eigenvalue weighted by molar-refractivity contribution is -0.117. The molecule has 0 radical (unpaired) electrons. The zero-order chi connectivity index (χ0) is 19.8. The molecular formula is C17H20N2O5S2. The number of rotatable bonds is 5. The Hall–Kier alpha value is -2.26. The lowest BCUT2D eigenvalue weighted by atomic mass is 10.2. The van der Waals surface area contributed by atoms with Crippen molar-refractivity contribution in [1.29, 1.82) is 0 Å². The summed E-state index contributed by atoms with van der Waals surface area (Å²) in [5, 5.41) is 2.50. The van der Waals surface area contributed by atoms with Crippen LogP contribution in [0.4, 0.5) is 5.82 Å². The summed E-state index contributed by atoms with van der Waals surface area (Å²) < 4.78 is 47.0. The van der Waals surface area contributed by atoms with Crippen LogP contribution in [0.25, 0.3) is 0 Å². The number of carbonyl (C=O) groups is 1. The first-order chi connectivity index (χ1) is 11.9. The molecule has 0 bridgehead atoms. The van der Waals surface area contributed by atoms with Crippen molar-refractivity contribution in [2.45, 2.75) is 35.3 Å². The van der Waals surface area contributed by atoms with Crippen molar-refractivity contribution in [3.63, 3.8) is 0 Å². The third-order valence-electron chi connectivity index (χ3n) is 3.93. The predicted octanol–water partition coefficient (Wildman–Crippen LogP) is 1.98. The minimum Gasteiger partial charge on any atom is -0.309 e. The van der Waals surface area contributed by atoms with E-state index in [-0.39, 0.29) is 15.6 Å². The molecule has 1 aromatic heterocycles. The van der Waals surface area contributed by atoms with Crippen LogP contribution in [0.1, 0.15) is 19.4 Å². The molecule has 1 N–H and O–H groups in total. The van der Waals surface area contributed by atoms with Crippen LogP contribution in [0.3, 0.4) is 0 Å². The van der Waals surface area contributed by atoms with Crippen LogP contribution in [0, 0.1) is 6.92 Å². The van der Waals surface area contributed by atoms with Gasteiger partial charge >= 0.3 is 0 Å². The molecular weight excluding hydrogens is 376 g/mol. The predicted molar refractivity (Wildman–Crippen MR) is 98.4 cm³/mol. The molecule has 0 unspecified atom stereocenters. The van der Waals surface area contributed by atoms with Crippen molar-refractivity contribution in [3.05, 3.63) is 48.2 Å². The van der Waals surface area contributed by atoms with E-state index in [2.05, 4.69) is 10.3 Å². The van der Waals surface area contributed by atoms with E-state index in [1.165, 1.54) is 38.1 Å². The fourth-order valence-electron chi connectivity index (χ4n) is 2.09. The number of anilines is 1. The van der Waals surface area contributed by atoms with Crippen molar-refractivity contribution in [2.75, 3.05) is 11.6 Å². The third kappa shape index (κ3) is 3.94. The zero-order valence-electron chi connectivity index (χ0n) is 14.8. The molecule has 0 spiro atoms. The smallest absolute Gasteiger partial charge is 0.246 e. The molecule has 9 heteroatoms. The summed E-state index contributed by atoms with van der Waals surface area (Å²) in [7, 11) is -7.51. The number of carbonyl (C=O) groups excluding carboxylic acids is 1. The number of nitrogens with one attached hydrogen (secondary N) is 1. The normalized spacial score (nSPS) is 12.6. The highest BCUT2D eigenvalue weighted by Gasteiger charge is 2.43. The minimum atomic E-state index is -4.06. The second-order valence-electron chi connectivity index (χ2n) is 6.43. The molecule has 0 aliphatic heterocycles. The molecule has 140 valence electrons. The first-order valence-corrected chi connectivity index (χ1v) is 11.0. The fraction of sp³-hybridized carbons (Fsp3) is 0.294. The number of sulfone groups is 2. The van der Waals surface area contributed by atoms with E-state index in [9.17, 15) is 21.6 Å². The largest absolute Gasteiger partial charge is 0.309 e.